The van der Waals surface area contributed by atoms with E-state index in [0.717, 1.165) is 43.0 Å². The highest BCUT2D eigenvalue weighted by atomic mass is 79.9. The Morgan fingerprint density at radius 3 is 2.94 bits per heavy atom. The van der Waals surface area contributed by atoms with Crippen LogP contribution in [0.1, 0.15) is 17.8 Å². The second-order valence-electron chi connectivity index (χ2n) is 4.64. The third-order valence-corrected chi connectivity index (χ3v) is 4.40. The topological polar surface area (TPSA) is 39.1 Å². The van der Waals surface area contributed by atoms with Gasteiger partial charge in [-0.05, 0) is 42.1 Å². The zero-order valence-corrected chi connectivity index (χ0v) is 12.1. The standard InChI is InChI=1S/C12H20BrN3O/c1-9-12(13)10(2)16(15-9)5-4-14-7-11-3-6-17-8-11/h11,14H,3-8H2,1-2H3. The highest BCUT2D eigenvalue weighted by molar-refractivity contribution is 9.10. The van der Waals surface area contributed by atoms with Crippen molar-refractivity contribution in [1.82, 2.24) is 15.1 Å². The molecule has 1 atom stereocenters. The number of hydrogen-bond donors (Lipinski definition) is 1. The summed E-state index contributed by atoms with van der Waals surface area (Å²) >= 11 is 3.54. The average molecular weight is 302 g/mol. The molecule has 1 aliphatic heterocycles. The number of halogens is 1. The summed E-state index contributed by atoms with van der Waals surface area (Å²) in [6, 6.07) is 0. The molecule has 0 aliphatic carbocycles. The summed E-state index contributed by atoms with van der Waals surface area (Å²) in [6.07, 6.45) is 1.19. The van der Waals surface area contributed by atoms with Crippen molar-refractivity contribution in [3.8, 4) is 0 Å². The van der Waals surface area contributed by atoms with E-state index in [4.69, 9.17) is 4.74 Å². The van der Waals surface area contributed by atoms with Crippen molar-refractivity contribution in [2.45, 2.75) is 26.8 Å². The van der Waals surface area contributed by atoms with E-state index in [0.29, 0.717) is 5.92 Å². The second kappa shape index (κ2) is 5.98. The number of aromatic nitrogens is 2. The van der Waals surface area contributed by atoms with Gasteiger partial charge in [-0.3, -0.25) is 4.68 Å². The van der Waals surface area contributed by atoms with Crippen LogP contribution in [0.3, 0.4) is 0 Å². The Bertz CT molecular complexity index is 372. The Morgan fingerprint density at radius 2 is 2.35 bits per heavy atom. The lowest BCUT2D eigenvalue weighted by Crippen LogP contribution is -2.27. The van der Waals surface area contributed by atoms with Crippen LogP contribution in [0.25, 0.3) is 0 Å². The van der Waals surface area contributed by atoms with Crippen molar-refractivity contribution in [3.63, 3.8) is 0 Å². The minimum atomic E-state index is 0.696. The van der Waals surface area contributed by atoms with E-state index < -0.39 is 0 Å². The predicted octanol–water partition coefficient (Wildman–Crippen LogP) is 1.89. The monoisotopic (exact) mass is 301 g/mol. The molecule has 2 rings (SSSR count). The van der Waals surface area contributed by atoms with Crippen molar-refractivity contribution >= 4 is 15.9 Å². The van der Waals surface area contributed by atoms with Gasteiger partial charge >= 0.3 is 0 Å². The van der Waals surface area contributed by atoms with Gasteiger partial charge in [0.25, 0.3) is 0 Å². The van der Waals surface area contributed by atoms with E-state index in [9.17, 15) is 0 Å². The minimum Gasteiger partial charge on any atom is -0.381 e. The zero-order valence-electron chi connectivity index (χ0n) is 10.5. The largest absolute Gasteiger partial charge is 0.381 e. The molecule has 17 heavy (non-hydrogen) atoms. The number of nitrogens with zero attached hydrogens (tertiary/aromatic N) is 2. The first-order valence-corrected chi connectivity index (χ1v) is 6.95. The van der Waals surface area contributed by atoms with Crippen LogP contribution in [0.5, 0.6) is 0 Å². The van der Waals surface area contributed by atoms with Gasteiger partial charge in [-0.1, -0.05) is 0 Å². The molecule has 1 aromatic rings. The van der Waals surface area contributed by atoms with Crippen molar-refractivity contribution in [2.24, 2.45) is 5.92 Å². The fourth-order valence-corrected chi connectivity index (χ4v) is 2.41. The summed E-state index contributed by atoms with van der Waals surface area (Å²) in [7, 11) is 0. The SMILES string of the molecule is Cc1nn(CCNCC2CCOC2)c(C)c1Br. The Hall–Kier alpha value is -0.390. The maximum atomic E-state index is 5.35. The van der Waals surface area contributed by atoms with Crippen LogP contribution in [-0.2, 0) is 11.3 Å². The minimum absolute atomic E-state index is 0.696. The summed E-state index contributed by atoms with van der Waals surface area (Å²) in [4.78, 5) is 0. The lowest BCUT2D eigenvalue weighted by molar-refractivity contribution is 0.185. The molecule has 0 bridgehead atoms. The molecule has 0 amide bonds. The smallest absolute Gasteiger partial charge is 0.0738 e. The highest BCUT2D eigenvalue weighted by Gasteiger charge is 2.14. The normalized spacial score (nSPS) is 20.1. The summed E-state index contributed by atoms with van der Waals surface area (Å²) in [5.41, 5.74) is 2.26. The molecule has 2 heterocycles. The summed E-state index contributed by atoms with van der Waals surface area (Å²) in [5.74, 6) is 0.696. The first kappa shape index (κ1) is 13.1. The van der Waals surface area contributed by atoms with Crippen LogP contribution in [-0.4, -0.2) is 36.1 Å². The zero-order chi connectivity index (χ0) is 12.3. The van der Waals surface area contributed by atoms with Crippen molar-refractivity contribution in [3.05, 3.63) is 15.9 Å². The highest BCUT2D eigenvalue weighted by Crippen LogP contribution is 2.19. The fraction of sp³-hybridized carbons (Fsp3) is 0.750. The summed E-state index contributed by atoms with van der Waals surface area (Å²) < 4.78 is 8.53. The Kier molecular flexibility index (Phi) is 4.59. The Morgan fingerprint density at radius 1 is 1.53 bits per heavy atom. The molecule has 96 valence electrons. The van der Waals surface area contributed by atoms with Gasteiger partial charge in [-0.25, -0.2) is 0 Å². The molecular weight excluding hydrogens is 282 g/mol. The van der Waals surface area contributed by atoms with Crippen LogP contribution >= 0.6 is 15.9 Å². The molecule has 1 unspecified atom stereocenters. The second-order valence-corrected chi connectivity index (χ2v) is 5.43. The number of hydrogen-bond acceptors (Lipinski definition) is 3. The average Bonchev–Trinajstić information content (AvgIpc) is 2.90. The van der Waals surface area contributed by atoms with Crippen LogP contribution in [0.2, 0.25) is 0 Å². The van der Waals surface area contributed by atoms with Gasteiger partial charge in [-0.15, -0.1) is 0 Å². The molecule has 0 aromatic carbocycles. The maximum Gasteiger partial charge on any atom is 0.0738 e. The van der Waals surface area contributed by atoms with Gasteiger partial charge in [0.15, 0.2) is 0 Å². The summed E-state index contributed by atoms with van der Waals surface area (Å²) in [6.45, 7) is 8.90. The Labute approximate surface area is 111 Å². The van der Waals surface area contributed by atoms with Crippen LogP contribution in [0, 0.1) is 19.8 Å². The lowest BCUT2D eigenvalue weighted by Gasteiger charge is -2.10. The molecular formula is C12H20BrN3O. The third kappa shape index (κ3) is 3.30. The predicted molar refractivity (Wildman–Crippen MR) is 71.2 cm³/mol. The van der Waals surface area contributed by atoms with Crippen LogP contribution in [0.4, 0.5) is 0 Å². The number of ether oxygens (including phenoxy) is 1. The van der Waals surface area contributed by atoms with E-state index in [1.54, 1.807) is 0 Å². The Balaban J connectivity index is 1.72. The van der Waals surface area contributed by atoms with Crippen molar-refractivity contribution < 1.29 is 4.74 Å². The van der Waals surface area contributed by atoms with Gasteiger partial charge in [-0.2, -0.15) is 5.10 Å². The molecule has 1 saturated heterocycles. The van der Waals surface area contributed by atoms with E-state index in [-0.39, 0.29) is 0 Å². The van der Waals surface area contributed by atoms with Gasteiger partial charge in [0.05, 0.1) is 23.3 Å². The van der Waals surface area contributed by atoms with Crippen molar-refractivity contribution in [2.75, 3.05) is 26.3 Å². The van der Waals surface area contributed by atoms with Crippen molar-refractivity contribution in [1.29, 1.82) is 0 Å². The lowest BCUT2D eigenvalue weighted by atomic mass is 10.1. The van der Waals surface area contributed by atoms with E-state index >= 15 is 0 Å². The summed E-state index contributed by atoms with van der Waals surface area (Å²) in [5, 5.41) is 7.96. The molecule has 0 radical (unpaired) electrons. The molecule has 1 fully saturated rings. The molecule has 1 N–H and O–H groups in total. The molecule has 5 heteroatoms. The fourth-order valence-electron chi connectivity index (χ4n) is 2.13. The first-order chi connectivity index (χ1) is 8.18. The quantitative estimate of drug-likeness (QED) is 0.844. The molecule has 0 saturated carbocycles. The molecule has 1 aromatic heterocycles. The molecule has 0 spiro atoms. The van der Waals surface area contributed by atoms with E-state index in [2.05, 4.69) is 38.0 Å². The van der Waals surface area contributed by atoms with Crippen LogP contribution < -0.4 is 5.32 Å². The van der Waals surface area contributed by atoms with Gasteiger partial charge in [0.2, 0.25) is 0 Å². The number of nitrogens with one attached hydrogen (secondary N) is 1. The first-order valence-electron chi connectivity index (χ1n) is 6.16. The van der Waals surface area contributed by atoms with E-state index in [1.165, 1.54) is 12.1 Å². The van der Waals surface area contributed by atoms with Gasteiger partial charge in [0.1, 0.15) is 0 Å². The van der Waals surface area contributed by atoms with E-state index in [1.807, 2.05) is 6.92 Å². The van der Waals surface area contributed by atoms with Gasteiger partial charge in [0, 0.05) is 25.4 Å². The number of aryl methyl sites for hydroxylation is 1. The number of rotatable bonds is 5. The maximum absolute atomic E-state index is 5.35. The molecule has 4 nitrogen and oxygen atoms in total. The van der Waals surface area contributed by atoms with Crippen LogP contribution in [0.15, 0.2) is 4.47 Å². The third-order valence-electron chi connectivity index (χ3n) is 3.25. The van der Waals surface area contributed by atoms with Gasteiger partial charge < -0.3 is 10.1 Å². The molecule has 1 aliphatic rings.